The van der Waals surface area contributed by atoms with Crippen molar-refractivity contribution < 1.29 is 9.13 Å². The summed E-state index contributed by atoms with van der Waals surface area (Å²) >= 11 is 0. The summed E-state index contributed by atoms with van der Waals surface area (Å²) in [7, 11) is 0. The smallest absolute Gasteiger partial charge is 0.168 e. The van der Waals surface area contributed by atoms with Gasteiger partial charge in [0.25, 0.3) is 0 Å². The first-order chi connectivity index (χ1) is 9.00. The molecule has 0 bridgehead atoms. The maximum Gasteiger partial charge on any atom is 0.168 e. The lowest BCUT2D eigenvalue weighted by atomic mass is 10.1. The number of hydrogen-bond donors (Lipinski definition) is 2. The van der Waals surface area contributed by atoms with E-state index in [0.717, 1.165) is 5.56 Å². The Bertz CT molecular complexity index is 638. The van der Waals surface area contributed by atoms with Crippen molar-refractivity contribution in [2.24, 2.45) is 5.73 Å². The van der Waals surface area contributed by atoms with Crippen molar-refractivity contribution >= 4 is 5.84 Å². The lowest BCUT2D eigenvalue weighted by Crippen LogP contribution is -2.13. The van der Waals surface area contributed by atoms with Crippen LogP contribution in [0.1, 0.15) is 16.7 Å². The topological polar surface area (TPSA) is 59.1 Å². The number of hydrogen-bond acceptors (Lipinski definition) is 2. The molecule has 0 aliphatic carbocycles. The molecule has 0 fully saturated rings. The number of amidine groups is 1. The van der Waals surface area contributed by atoms with Gasteiger partial charge in [0.1, 0.15) is 11.6 Å². The van der Waals surface area contributed by atoms with Crippen LogP contribution < -0.4 is 10.5 Å². The van der Waals surface area contributed by atoms with E-state index in [-0.39, 0.29) is 11.6 Å². The molecule has 3 N–H and O–H groups in total. The number of nitrogens with one attached hydrogen (secondary N) is 1. The molecule has 0 saturated carbocycles. The molecule has 2 aromatic carbocycles. The Morgan fingerprint density at radius 1 is 1.11 bits per heavy atom. The lowest BCUT2D eigenvalue weighted by Gasteiger charge is -2.14. The van der Waals surface area contributed by atoms with Gasteiger partial charge in [0.05, 0.1) is 5.56 Å². The zero-order valence-electron chi connectivity index (χ0n) is 10.8. The fraction of sp³-hybridized carbons (Fsp3) is 0.133. The number of benzene rings is 2. The van der Waals surface area contributed by atoms with Gasteiger partial charge in [0, 0.05) is 0 Å². The van der Waals surface area contributed by atoms with Crippen LogP contribution in [0.15, 0.2) is 36.4 Å². The predicted molar refractivity (Wildman–Crippen MR) is 73.4 cm³/mol. The van der Waals surface area contributed by atoms with Crippen LogP contribution in [0.4, 0.5) is 4.39 Å². The molecule has 2 rings (SSSR count). The van der Waals surface area contributed by atoms with Gasteiger partial charge in [-0.3, -0.25) is 5.41 Å². The Morgan fingerprint density at radius 2 is 1.74 bits per heavy atom. The van der Waals surface area contributed by atoms with Crippen LogP contribution in [0.2, 0.25) is 0 Å². The molecule has 0 aliphatic heterocycles. The number of aryl methyl sites for hydroxylation is 2. The minimum absolute atomic E-state index is 0.105. The molecular weight excluding hydrogens is 243 g/mol. The highest BCUT2D eigenvalue weighted by Gasteiger charge is 2.13. The molecule has 0 aliphatic rings. The summed E-state index contributed by atoms with van der Waals surface area (Å²) in [6.07, 6.45) is 0. The second-order valence-corrected chi connectivity index (χ2v) is 4.35. The first-order valence-corrected chi connectivity index (χ1v) is 5.87. The van der Waals surface area contributed by atoms with Crippen molar-refractivity contribution in [2.45, 2.75) is 13.8 Å². The monoisotopic (exact) mass is 258 g/mol. The van der Waals surface area contributed by atoms with Gasteiger partial charge in [-0.05, 0) is 37.1 Å². The van der Waals surface area contributed by atoms with Gasteiger partial charge in [-0.25, -0.2) is 4.39 Å². The molecule has 3 nitrogen and oxygen atoms in total. The predicted octanol–water partition coefficient (Wildman–Crippen LogP) is 3.52. The molecule has 98 valence electrons. The summed E-state index contributed by atoms with van der Waals surface area (Å²) in [6.45, 7) is 3.50. The number of nitrogen functional groups attached to an aromatic ring is 1. The Hall–Kier alpha value is -2.36. The van der Waals surface area contributed by atoms with Gasteiger partial charge in [0.2, 0.25) is 0 Å². The van der Waals surface area contributed by atoms with Gasteiger partial charge < -0.3 is 10.5 Å². The van der Waals surface area contributed by atoms with Crippen molar-refractivity contribution in [3.05, 3.63) is 58.9 Å². The zero-order chi connectivity index (χ0) is 14.0. The van der Waals surface area contributed by atoms with E-state index >= 15 is 0 Å². The molecule has 19 heavy (non-hydrogen) atoms. The molecular formula is C15H15FN2O. The number of nitrogens with two attached hydrogens (primary N) is 1. The molecule has 0 aromatic heterocycles. The summed E-state index contributed by atoms with van der Waals surface area (Å²) in [5, 5.41) is 7.54. The third kappa shape index (κ3) is 2.57. The van der Waals surface area contributed by atoms with Crippen molar-refractivity contribution in [2.75, 3.05) is 0 Å². The second kappa shape index (κ2) is 5.10. The summed E-state index contributed by atoms with van der Waals surface area (Å²) < 4.78 is 19.6. The first-order valence-electron chi connectivity index (χ1n) is 5.87. The van der Waals surface area contributed by atoms with Crippen molar-refractivity contribution in [3.8, 4) is 11.5 Å². The summed E-state index contributed by atoms with van der Waals surface area (Å²) in [4.78, 5) is 0. The Balaban J connectivity index is 2.49. The van der Waals surface area contributed by atoms with E-state index in [1.807, 2.05) is 13.0 Å². The number of ether oxygens (including phenoxy) is 1. The molecule has 0 spiro atoms. The quantitative estimate of drug-likeness (QED) is 0.653. The van der Waals surface area contributed by atoms with E-state index in [2.05, 4.69) is 0 Å². The number of rotatable bonds is 3. The SMILES string of the molecule is Cc1cccc(Oc2c(C)cccc2C(=N)N)c1F. The van der Waals surface area contributed by atoms with Gasteiger partial charge in [-0.15, -0.1) is 0 Å². The van der Waals surface area contributed by atoms with E-state index in [4.69, 9.17) is 15.9 Å². The fourth-order valence-electron chi connectivity index (χ4n) is 1.81. The second-order valence-electron chi connectivity index (χ2n) is 4.35. The zero-order valence-corrected chi connectivity index (χ0v) is 10.8. The van der Waals surface area contributed by atoms with E-state index in [1.54, 1.807) is 37.3 Å². The van der Waals surface area contributed by atoms with Gasteiger partial charge in [-0.1, -0.05) is 24.3 Å². The summed E-state index contributed by atoms with van der Waals surface area (Å²) in [5.74, 6) is 0.0447. The van der Waals surface area contributed by atoms with Gasteiger partial charge >= 0.3 is 0 Å². The number of para-hydroxylation sites is 1. The van der Waals surface area contributed by atoms with E-state index in [0.29, 0.717) is 16.9 Å². The fourth-order valence-corrected chi connectivity index (χ4v) is 1.81. The van der Waals surface area contributed by atoms with E-state index < -0.39 is 5.82 Å². The minimum atomic E-state index is -0.403. The lowest BCUT2D eigenvalue weighted by molar-refractivity contribution is 0.436. The summed E-state index contributed by atoms with van der Waals surface area (Å²) in [5.41, 5.74) is 7.28. The van der Waals surface area contributed by atoms with Gasteiger partial charge in [0.15, 0.2) is 11.6 Å². The van der Waals surface area contributed by atoms with Crippen molar-refractivity contribution in [1.29, 1.82) is 5.41 Å². The van der Waals surface area contributed by atoms with E-state index in [1.165, 1.54) is 0 Å². The Morgan fingerprint density at radius 3 is 2.42 bits per heavy atom. The van der Waals surface area contributed by atoms with Crippen LogP contribution in [0.5, 0.6) is 11.5 Å². The normalized spacial score (nSPS) is 10.3. The van der Waals surface area contributed by atoms with Crippen LogP contribution in [0, 0.1) is 25.1 Å². The molecule has 4 heteroatoms. The molecule has 0 saturated heterocycles. The van der Waals surface area contributed by atoms with Crippen LogP contribution in [0.25, 0.3) is 0 Å². The average molecular weight is 258 g/mol. The molecule has 2 aromatic rings. The minimum Gasteiger partial charge on any atom is -0.453 e. The maximum absolute atomic E-state index is 13.9. The molecule has 0 amide bonds. The summed E-state index contributed by atoms with van der Waals surface area (Å²) in [6, 6.07) is 10.2. The number of halogens is 1. The first kappa shape index (κ1) is 13.1. The molecule has 0 heterocycles. The molecule has 0 radical (unpaired) electrons. The third-order valence-electron chi connectivity index (χ3n) is 2.87. The van der Waals surface area contributed by atoms with Crippen LogP contribution in [-0.2, 0) is 0 Å². The van der Waals surface area contributed by atoms with Gasteiger partial charge in [-0.2, -0.15) is 0 Å². The maximum atomic E-state index is 13.9. The largest absolute Gasteiger partial charge is 0.453 e. The third-order valence-corrected chi connectivity index (χ3v) is 2.87. The molecule has 0 unspecified atom stereocenters. The standard InChI is InChI=1S/C15H15FN2O/c1-9-5-4-8-12(13(9)16)19-14-10(2)6-3-7-11(14)15(17)18/h3-8H,1-2H3,(H3,17,18). The highest BCUT2D eigenvalue weighted by molar-refractivity contribution is 5.98. The van der Waals surface area contributed by atoms with Crippen molar-refractivity contribution in [1.82, 2.24) is 0 Å². The highest BCUT2D eigenvalue weighted by Crippen LogP contribution is 2.31. The van der Waals surface area contributed by atoms with E-state index in [9.17, 15) is 4.39 Å². The van der Waals surface area contributed by atoms with Crippen LogP contribution in [-0.4, -0.2) is 5.84 Å². The highest BCUT2D eigenvalue weighted by atomic mass is 19.1. The Kier molecular flexibility index (Phi) is 3.51. The van der Waals surface area contributed by atoms with Crippen molar-refractivity contribution in [3.63, 3.8) is 0 Å². The van der Waals surface area contributed by atoms with Crippen LogP contribution in [0.3, 0.4) is 0 Å². The molecule has 0 atom stereocenters. The van der Waals surface area contributed by atoms with Crippen LogP contribution >= 0.6 is 0 Å². The average Bonchev–Trinajstić information content (AvgIpc) is 2.36. The Labute approximate surface area is 111 Å².